The van der Waals surface area contributed by atoms with Gasteiger partial charge in [-0.05, 0) is 75.8 Å². The largest absolute Gasteiger partial charge is 0.459 e. The number of allylic oxidation sites excluding steroid dienone is 3. The number of piperidine rings is 1. The van der Waals surface area contributed by atoms with Crippen molar-refractivity contribution >= 4 is 17.4 Å². The zero-order valence-electron chi connectivity index (χ0n) is 21.0. The number of hydrogen-bond donors (Lipinski definition) is 0. The van der Waals surface area contributed by atoms with Gasteiger partial charge < -0.3 is 14.1 Å². The highest BCUT2D eigenvalue weighted by atomic mass is 16.6. The quantitative estimate of drug-likeness (QED) is 0.533. The van der Waals surface area contributed by atoms with Crippen molar-refractivity contribution in [2.24, 2.45) is 16.7 Å². The van der Waals surface area contributed by atoms with Crippen molar-refractivity contribution in [3.63, 3.8) is 0 Å². The number of benzene rings is 1. The summed E-state index contributed by atoms with van der Waals surface area (Å²) < 4.78 is 11.2. The Morgan fingerprint density at radius 3 is 2.46 bits per heavy atom. The number of amides is 1. The fourth-order valence-corrected chi connectivity index (χ4v) is 6.07. The van der Waals surface area contributed by atoms with Gasteiger partial charge in [-0.25, -0.2) is 4.98 Å². The van der Waals surface area contributed by atoms with Gasteiger partial charge in [-0.3, -0.25) is 9.59 Å². The topological polar surface area (TPSA) is 72.6 Å². The van der Waals surface area contributed by atoms with Gasteiger partial charge in [0.15, 0.2) is 0 Å². The number of carbonyl (C=O) groups is 2. The lowest BCUT2D eigenvalue weighted by atomic mass is 9.68. The Hall–Kier alpha value is -3.15. The molecule has 1 aromatic heterocycles. The molecule has 6 nitrogen and oxygen atoms in total. The van der Waals surface area contributed by atoms with Gasteiger partial charge in [0.1, 0.15) is 11.9 Å². The second-order valence-electron chi connectivity index (χ2n) is 11.4. The standard InChI is InChI=1S/C29H34N2O4/c1-20-18-29(26(33)35-27(2,3)4,11-10-22(20)21-8-6-5-7-9-21)23-19-28(23)12-15-31(16-13-28)25(32)24-30-14-17-34-24/h5-11,14,17,23H,12-13,15-16,18-19H2,1-4H3. The number of likely N-dealkylation sites (tertiary alicyclic amines) is 1. The van der Waals surface area contributed by atoms with Crippen LogP contribution in [0.1, 0.15) is 69.6 Å². The summed E-state index contributed by atoms with van der Waals surface area (Å²) in [5.74, 6) is 0.0518. The first kappa shape index (κ1) is 23.6. The zero-order chi connectivity index (χ0) is 24.8. The van der Waals surface area contributed by atoms with Crippen LogP contribution in [0.15, 0.2) is 64.9 Å². The van der Waals surface area contributed by atoms with Crippen LogP contribution in [-0.2, 0) is 9.53 Å². The van der Waals surface area contributed by atoms with Crippen LogP contribution in [-0.4, -0.2) is 40.5 Å². The number of esters is 1. The molecule has 2 aromatic rings. The lowest BCUT2D eigenvalue weighted by Crippen LogP contribution is -2.44. The molecule has 1 saturated carbocycles. The number of nitrogens with zero attached hydrogens (tertiary/aromatic N) is 2. The Bertz CT molecular complexity index is 1170. The molecule has 1 aromatic carbocycles. The number of oxazole rings is 1. The molecule has 184 valence electrons. The van der Waals surface area contributed by atoms with E-state index in [4.69, 9.17) is 9.15 Å². The monoisotopic (exact) mass is 474 g/mol. The van der Waals surface area contributed by atoms with Crippen LogP contribution in [0, 0.1) is 16.7 Å². The van der Waals surface area contributed by atoms with Crippen molar-refractivity contribution in [1.29, 1.82) is 0 Å². The first-order chi connectivity index (χ1) is 16.6. The van der Waals surface area contributed by atoms with Crippen LogP contribution >= 0.6 is 0 Å². The van der Waals surface area contributed by atoms with E-state index in [9.17, 15) is 9.59 Å². The Balaban J connectivity index is 1.38. The molecular weight excluding hydrogens is 440 g/mol. The van der Waals surface area contributed by atoms with Gasteiger partial charge in [0.05, 0.1) is 11.6 Å². The molecule has 1 spiro atoms. The fourth-order valence-electron chi connectivity index (χ4n) is 6.07. The maximum atomic E-state index is 13.8. The van der Waals surface area contributed by atoms with Crippen LogP contribution in [0.4, 0.5) is 0 Å². The molecule has 0 N–H and O–H groups in total. The predicted molar refractivity (Wildman–Crippen MR) is 133 cm³/mol. The predicted octanol–water partition coefficient (Wildman–Crippen LogP) is 5.68. The van der Waals surface area contributed by atoms with E-state index in [1.807, 2.05) is 43.9 Å². The summed E-state index contributed by atoms with van der Waals surface area (Å²) in [5, 5.41) is 0. The van der Waals surface area contributed by atoms with Gasteiger partial charge in [0.2, 0.25) is 0 Å². The number of hydrogen-bond acceptors (Lipinski definition) is 5. The zero-order valence-corrected chi connectivity index (χ0v) is 21.0. The van der Waals surface area contributed by atoms with Crippen LogP contribution in [0.3, 0.4) is 0 Å². The second kappa shape index (κ2) is 8.51. The summed E-state index contributed by atoms with van der Waals surface area (Å²) in [6.07, 6.45) is 10.6. The third kappa shape index (κ3) is 4.35. The first-order valence-corrected chi connectivity index (χ1v) is 12.5. The van der Waals surface area contributed by atoms with E-state index in [1.54, 1.807) is 0 Å². The summed E-state index contributed by atoms with van der Waals surface area (Å²) in [4.78, 5) is 32.3. The average Bonchev–Trinajstić information content (AvgIpc) is 3.26. The molecule has 0 bridgehead atoms. The van der Waals surface area contributed by atoms with Crippen LogP contribution in [0.2, 0.25) is 0 Å². The van der Waals surface area contributed by atoms with Crippen molar-refractivity contribution in [2.45, 2.75) is 59.0 Å². The number of carbonyl (C=O) groups excluding carboxylic acids is 2. The highest BCUT2D eigenvalue weighted by molar-refractivity contribution is 5.90. The van der Waals surface area contributed by atoms with Crippen molar-refractivity contribution < 1.29 is 18.7 Å². The normalized spacial score (nSPS) is 25.6. The lowest BCUT2D eigenvalue weighted by Gasteiger charge is -2.39. The summed E-state index contributed by atoms with van der Waals surface area (Å²) in [5.41, 5.74) is 2.39. The smallest absolute Gasteiger partial charge is 0.317 e. The highest BCUT2D eigenvalue weighted by Crippen LogP contribution is 2.69. The molecule has 2 unspecified atom stereocenters. The minimum Gasteiger partial charge on any atom is -0.459 e. The van der Waals surface area contributed by atoms with Gasteiger partial charge >= 0.3 is 11.9 Å². The molecule has 0 radical (unpaired) electrons. The van der Waals surface area contributed by atoms with Gasteiger partial charge in [0, 0.05) is 13.1 Å². The van der Waals surface area contributed by atoms with E-state index in [0.29, 0.717) is 19.5 Å². The molecule has 2 aliphatic carbocycles. The van der Waals surface area contributed by atoms with Crippen molar-refractivity contribution in [3.05, 3.63) is 72.0 Å². The summed E-state index contributed by atoms with van der Waals surface area (Å²) >= 11 is 0. The minimum atomic E-state index is -0.676. The number of ether oxygens (including phenoxy) is 1. The maximum Gasteiger partial charge on any atom is 0.317 e. The molecule has 2 fully saturated rings. The SMILES string of the molecule is CC1=C(c2ccccc2)C=CC(C(=O)OC(C)(C)C)(C2CC23CCN(C(=O)c2ncco2)CC3)C1. The van der Waals surface area contributed by atoms with Crippen LogP contribution in [0.5, 0.6) is 0 Å². The molecule has 1 aliphatic heterocycles. The Labute approximate surface area is 207 Å². The van der Waals surface area contributed by atoms with Crippen LogP contribution in [0.25, 0.3) is 5.57 Å². The third-order valence-electron chi connectivity index (χ3n) is 7.90. The summed E-state index contributed by atoms with van der Waals surface area (Å²) in [6.45, 7) is 9.22. The van der Waals surface area contributed by atoms with Gasteiger partial charge in [-0.1, -0.05) is 48.1 Å². The third-order valence-corrected chi connectivity index (χ3v) is 7.90. The molecule has 6 heteroatoms. The van der Waals surface area contributed by atoms with Crippen LogP contribution < -0.4 is 0 Å². The van der Waals surface area contributed by atoms with E-state index in [-0.39, 0.29) is 29.1 Å². The molecule has 3 aliphatic rings. The van der Waals surface area contributed by atoms with Crippen molar-refractivity contribution in [2.75, 3.05) is 13.1 Å². The van der Waals surface area contributed by atoms with E-state index in [0.717, 1.165) is 19.3 Å². The van der Waals surface area contributed by atoms with E-state index >= 15 is 0 Å². The molecule has 5 rings (SSSR count). The average molecular weight is 475 g/mol. The van der Waals surface area contributed by atoms with E-state index in [1.165, 1.54) is 29.2 Å². The van der Waals surface area contributed by atoms with E-state index in [2.05, 4.69) is 36.2 Å². The molecular formula is C29H34N2O4. The summed E-state index contributed by atoms with van der Waals surface area (Å²) in [7, 11) is 0. The Morgan fingerprint density at radius 2 is 1.86 bits per heavy atom. The maximum absolute atomic E-state index is 13.8. The summed E-state index contributed by atoms with van der Waals surface area (Å²) in [6, 6.07) is 10.3. The Morgan fingerprint density at radius 1 is 1.14 bits per heavy atom. The van der Waals surface area contributed by atoms with Crippen molar-refractivity contribution in [1.82, 2.24) is 9.88 Å². The molecule has 1 saturated heterocycles. The molecule has 35 heavy (non-hydrogen) atoms. The van der Waals surface area contributed by atoms with Crippen molar-refractivity contribution in [3.8, 4) is 0 Å². The van der Waals surface area contributed by atoms with Gasteiger partial charge in [-0.15, -0.1) is 0 Å². The molecule has 2 heterocycles. The van der Waals surface area contributed by atoms with E-state index < -0.39 is 11.0 Å². The lowest BCUT2D eigenvalue weighted by molar-refractivity contribution is -0.166. The van der Waals surface area contributed by atoms with Gasteiger partial charge in [-0.2, -0.15) is 0 Å². The second-order valence-corrected chi connectivity index (χ2v) is 11.4. The number of aromatic nitrogens is 1. The molecule has 1 amide bonds. The Kier molecular flexibility index (Phi) is 5.73. The van der Waals surface area contributed by atoms with Gasteiger partial charge in [0.25, 0.3) is 5.89 Å². The first-order valence-electron chi connectivity index (χ1n) is 12.5. The fraction of sp³-hybridized carbons (Fsp3) is 0.483. The minimum absolute atomic E-state index is 0.0547. The highest BCUT2D eigenvalue weighted by Gasteiger charge is 2.66. The number of rotatable bonds is 4. The molecule has 2 atom stereocenters.